The lowest BCUT2D eigenvalue weighted by molar-refractivity contribution is -0.121. The van der Waals surface area contributed by atoms with E-state index in [2.05, 4.69) is 26.2 Å². The predicted octanol–water partition coefficient (Wildman–Crippen LogP) is 3.40. The average Bonchev–Trinajstić information content (AvgIpc) is 3.02. The van der Waals surface area contributed by atoms with Gasteiger partial charge >= 0.3 is 0 Å². The second-order valence-corrected chi connectivity index (χ2v) is 10.4. The zero-order valence-corrected chi connectivity index (χ0v) is 19.8. The molecule has 0 aliphatic rings. The molecular formula is C21H25BrN4O3S. The van der Waals surface area contributed by atoms with Crippen molar-refractivity contribution in [2.75, 3.05) is 14.1 Å². The number of hydrogen-bond donors (Lipinski definition) is 1. The topological polar surface area (TPSA) is 84.3 Å². The fourth-order valence-corrected chi connectivity index (χ4v) is 4.38. The van der Waals surface area contributed by atoms with E-state index in [1.165, 1.54) is 18.4 Å². The molecule has 9 heteroatoms. The summed E-state index contributed by atoms with van der Waals surface area (Å²) in [5, 5.41) is 3.00. The summed E-state index contributed by atoms with van der Waals surface area (Å²) in [7, 11) is 1.34. The van der Waals surface area contributed by atoms with Gasteiger partial charge in [0, 0.05) is 38.5 Å². The number of halogens is 1. The molecule has 0 aliphatic heterocycles. The Morgan fingerprint density at radius 2 is 1.87 bits per heavy atom. The minimum absolute atomic E-state index is 0.0617. The molecular weight excluding hydrogens is 468 g/mol. The highest BCUT2D eigenvalue weighted by atomic mass is 79.9. The predicted molar refractivity (Wildman–Crippen MR) is 121 cm³/mol. The number of imidazole rings is 1. The van der Waals surface area contributed by atoms with Gasteiger partial charge < -0.3 is 9.88 Å². The molecule has 7 nitrogen and oxygen atoms in total. The van der Waals surface area contributed by atoms with Crippen molar-refractivity contribution < 1.29 is 13.2 Å². The molecule has 1 amide bonds. The quantitative estimate of drug-likeness (QED) is 0.547. The van der Waals surface area contributed by atoms with E-state index in [0.29, 0.717) is 18.4 Å². The first-order valence-electron chi connectivity index (χ1n) is 9.52. The largest absolute Gasteiger partial charge is 0.350 e. The van der Waals surface area contributed by atoms with Crippen molar-refractivity contribution in [3.05, 3.63) is 58.3 Å². The van der Waals surface area contributed by atoms with Crippen molar-refractivity contribution in [1.29, 1.82) is 0 Å². The second-order valence-electron chi connectivity index (χ2n) is 7.37. The van der Waals surface area contributed by atoms with E-state index in [9.17, 15) is 13.2 Å². The van der Waals surface area contributed by atoms with Crippen molar-refractivity contribution in [3.8, 4) is 0 Å². The number of nitrogens with one attached hydrogen (secondary N) is 1. The van der Waals surface area contributed by atoms with Crippen LogP contribution < -0.4 is 5.32 Å². The number of aromatic nitrogens is 2. The fourth-order valence-electron chi connectivity index (χ4n) is 3.20. The van der Waals surface area contributed by atoms with Crippen LogP contribution in [-0.2, 0) is 28.3 Å². The van der Waals surface area contributed by atoms with Crippen molar-refractivity contribution in [1.82, 2.24) is 19.2 Å². The molecule has 1 unspecified atom stereocenters. The minimum Gasteiger partial charge on any atom is -0.350 e. The monoisotopic (exact) mass is 492 g/mol. The molecule has 0 radical (unpaired) electrons. The molecule has 1 atom stereocenters. The minimum atomic E-state index is -3.52. The molecule has 0 aliphatic carbocycles. The van der Waals surface area contributed by atoms with Crippen LogP contribution in [0, 0.1) is 0 Å². The van der Waals surface area contributed by atoms with Crippen molar-refractivity contribution >= 4 is 42.9 Å². The molecule has 3 aromatic rings. The summed E-state index contributed by atoms with van der Waals surface area (Å²) in [5.41, 5.74) is 2.45. The van der Waals surface area contributed by atoms with Crippen LogP contribution in [0.5, 0.6) is 0 Å². The van der Waals surface area contributed by atoms with Crippen LogP contribution in [0.2, 0.25) is 0 Å². The first kappa shape index (κ1) is 22.5. The van der Waals surface area contributed by atoms with Crippen LogP contribution >= 0.6 is 15.9 Å². The van der Waals surface area contributed by atoms with Gasteiger partial charge in [0.2, 0.25) is 15.9 Å². The van der Waals surface area contributed by atoms with Gasteiger partial charge in [-0.3, -0.25) is 4.79 Å². The number of aryl methyl sites for hydroxylation is 2. The van der Waals surface area contributed by atoms with Crippen LogP contribution in [0.15, 0.2) is 51.8 Å². The maximum absolute atomic E-state index is 12.4. The van der Waals surface area contributed by atoms with Gasteiger partial charge in [-0.05, 0) is 42.8 Å². The lowest BCUT2D eigenvalue weighted by Crippen LogP contribution is -2.27. The Kier molecular flexibility index (Phi) is 6.64. The number of amides is 1. The molecule has 0 spiro atoms. The van der Waals surface area contributed by atoms with Gasteiger partial charge in [0.1, 0.15) is 5.82 Å². The molecule has 0 saturated carbocycles. The number of rotatable bonds is 7. The van der Waals surface area contributed by atoms with Gasteiger partial charge in [-0.15, -0.1) is 0 Å². The average molecular weight is 493 g/mol. The zero-order valence-electron chi connectivity index (χ0n) is 17.4. The lowest BCUT2D eigenvalue weighted by Gasteiger charge is -2.14. The van der Waals surface area contributed by atoms with Crippen LogP contribution in [0.1, 0.15) is 30.8 Å². The summed E-state index contributed by atoms with van der Waals surface area (Å²) in [6.45, 7) is 1.95. The van der Waals surface area contributed by atoms with Crippen LogP contribution in [0.25, 0.3) is 11.0 Å². The molecule has 1 heterocycles. The maximum Gasteiger partial charge on any atom is 0.242 e. The number of benzene rings is 2. The molecule has 0 fully saturated rings. The molecule has 0 bridgehead atoms. The fraction of sp³-hybridized carbons (Fsp3) is 0.333. The van der Waals surface area contributed by atoms with E-state index in [-0.39, 0.29) is 16.8 Å². The number of sulfonamides is 1. The highest BCUT2D eigenvalue weighted by Gasteiger charge is 2.19. The summed E-state index contributed by atoms with van der Waals surface area (Å²) >= 11 is 3.41. The van der Waals surface area contributed by atoms with E-state index >= 15 is 0 Å². The number of carbonyl (C=O) groups excluding carboxylic acids is 1. The lowest BCUT2D eigenvalue weighted by atomic mass is 10.1. The summed E-state index contributed by atoms with van der Waals surface area (Å²) in [4.78, 5) is 17.2. The Labute approximate surface area is 185 Å². The number of fused-ring (bicyclic) bond motifs is 1. The molecule has 0 saturated heterocycles. The van der Waals surface area contributed by atoms with Gasteiger partial charge in [0.05, 0.1) is 22.0 Å². The first-order chi connectivity index (χ1) is 14.1. The third-order valence-electron chi connectivity index (χ3n) is 5.05. The normalized spacial score (nSPS) is 13.0. The Bertz CT molecular complexity index is 1170. The molecule has 1 aromatic heterocycles. The number of carbonyl (C=O) groups is 1. The SMILES string of the molecule is CC(NC(=O)CCc1nc2cc(S(=O)(=O)N(C)C)ccc2n1C)c1ccc(Br)cc1. The molecule has 30 heavy (non-hydrogen) atoms. The van der Waals surface area contributed by atoms with Gasteiger partial charge in [0.15, 0.2) is 0 Å². The standard InChI is InChI=1S/C21H25BrN4O3S/c1-14(15-5-7-16(22)8-6-15)23-21(27)12-11-20-24-18-13-17(30(28,29)25(2)3)9-10-19(18)26(20)4/h5-10,13-14H,11-12H2,1-4H3,(H,23,27). The van der Waals surface area contributed by atoms with E-state index in [1.54, 1.807) is 18.2 Å². The molecule has 3 rings (SSSR count). The summed E-state index contributed by atoms with van der Waals surface area (Å²) in [6.07, 6.45) is 0.751. The van der Waals surface area contributed by atoms with Crippen LogP contribution in [-0.4, -0.2) is 42.3 Å². The highest BCUT2D eigenvalue weighted by Crippen LogP contribution is 2.22. The molecule has 2 aromatic carbocycles. The van der Waals surface area contributed by atoms with Crippen LogP contribution in [0.4, 0.5) is 0 Å². The van der Waals surface area contributed by atoms with Crippen molar-refractivity contribution in [3.63, 3.8) is 0 Å². The Balaban J connectivity index is 1.70. The number of nitrogens with zero attached hydrogens (tertiary/aromatic N) is 3. The van der Waals surface area contributed by atoms with Gasteiger partial charge in [-0.25, -0.2) is 17.7 Å². The summed E-state index contributed by atoms with van der Waals surface area (Å²) in [6, 6.07) is 12.6. The van der Waals surface area contributed by atoms with E-state index in [0.717, 1.165) is 21.4 Å². The molecule has 1 N–H and O–H groups in total. The third kappa shape index (κ3) is 4.74. The summed E-state index contributed by atoms with van der Waals surface area (Å²) in [5.74, 6) is 0.671. The summed E-state index contributed by atoms with van der Waals surface area (Å²) < 4.78 is 28.8. The zero-order chi connectivity index (χ0) is 22.1. The van der Waals surface area contributed by atoms with Crippen molar-refractivity contribution in [2.45, 2.75) is 30.7 Å². The smallest absolute Gasteiger partial charge is 0.242 e. The highest BCUT2D eigenvalue weighted by molar-refractivity contribution is 9.10. The van der Waals surface area contributed by atoms with E-state index < -0.39 is 10.0 Å². The Morgan fingerprint density at radius 3 is 2.50 bits per heavy atom. The van der Waals surface area contributed by atoms with Gasteiger partial charge in [-0.2, -0.15) is 0 Å². The van der Waals surface area contributed by atoms with E-state index in [4.69, 9.17) is 0 Å². The number of hydrogen-bond acceptors (Lipinski definition) is 4. The molecule has 160 valence electrons. The van der Waals surface area contributed by atoms with Crippen molar-refractivity contribution in [2.24, 2.45) is 7.05 Å². The third-order valence-corrected chi connectivity index (χ3v) is 7.39. The van der Waals surface area contributed by atoms with Gasteiger partial charge in [-0.1, -0.05) is 28.1 Å². The Morgan fingerprint density at radius 1 is 1.20 bits per heavy atom. The first-order valence-corrected chi connectivity index (χ1v) is 11.8. The van der Waals surface area contributed by atoms with E-state index in [1.807, 2.05) is 42.8 Å². The Hall–Kier alpha value is -2.23. The van der Waals surface area contributed by atoms with Crippen LogP contribution in [0.3, 0.4) is 0 Å². The van der Waals surface area contributed by atoms with Gasteiger partial charge in [0.25, 0.3) is 0 Å². The second kappa shape index (κ2) is 8.87. The maximum atomic E-state index is 12.4.